The van der Waals surface area contributed by atoms with Crippen LogP contribution in [0.25, 0.3) is 0 Å². The summed E-state index contributed by atoms with van der Waals surface area (Å²) in [4.78, 5) is 4.18. The number of alkyl halides is 1. The van der Waals surface area contributed by atoms with Crippen LogP contribution in [0.3, 0.4) is 0 Å². The highest BCUT2D eigenvalue weighted by molar-refractivity contribution is 6.17. The second-order valence-electron chi connectivity index (χ2n) is 4.44. The summed E-state index contributed by atoms with van der Waals surface area (Å²) >= 11 is 5.82. The molecule has 0 bridgehead atoms. The molecule has 1 unspecified atom stereocenters. The molecule has 1 aromatic heterocycles. The van der Waals surface area contributed by atoms with Crippen molar-refractivity contribution in [3.05, 3.63) is 23.9 Å². The van der Waals surface area contributed by atoms with Gasteiger partial charge in [0.25, 0.3) is 0 Å². The first-order chi connectivity index (χ1) is 8.81. The van der Waals surface area contributed by atoms with Crippen molar-refractivity contribution < 1.29 is 4.74 Å². The Morgan fingerprint density at radius 3 is 2.94 bits per heavy atom. The fourth-order valence-electron chi connectivity index (χ4n) is 2.06. The van der Waals surface area contributed by atoms with Crippen LogP contribution in [0.5, 0.6) is 5.88 Å². The van der Waals surface area contributed by atoms with Crippen LogP contribution in [0.15, 0.2) is 18.3 Å². The number of aromatic nitrogens is 1. The van der Waals surface area contributed by atoms with E-state index in [1.54, 1.807) is 13.3 Å². The average molecular weight is 271 g/mol. The zero-order valence-corrected chi connectivity index (χ0v) is 12.0. The van der Waals surface area contributed by atoms with Crippen LogP contribution in [0.1, 0.15) is 31.7 Å². The van der Waals surface area contributed by atoms with Crippen LogP contribution in [0, 0.1) is 5.92 Å². The number of methoxy groups -OCH3 is 1. The van der Waals surface area contributed by atoms with Crippen molar-refractivity contribution in [2.45, 2.75) is 32.7 Å². The van der Waals surface area contributed by atoms with Crippen molar-refractivity contribution in [3.63, 3.8) is 0 Å². The molecule has 0 fully saturated rings. The number of halogens is 1. The van der Waals surface area contributed by atoms with E-state index in [2.05, 4.69) is 17.2 Å². The molecular formula is C14H23ClN2O. The summed E-state index contributed by atoms with van der Waals surface area (Å²) in [5, 5.41) is 3.47. The molecular weight excluding hydrogens is 248 g/mol. The molecule has 0 saturated carbocycles. The molecule has 18 heavy (non-hydrogen) atoms. The number of nitrogens with one attached hydrogen (secondary N) is 1. The molecule has 0 amide bonds. The molecule has 1 heterocycles. The second kappa shape index (κ2) is 9.17. The first kappa shape index (κ1) is 15.3. The Morgan fingerprint density at radius 2 is 2.28 bits per heavy atom. The van der Waals surface area contributed by atoms with Crippen molar-refractivity contribution in [1.82, 2.24) is 10.3 Å². The van der Waals surface area contributed by atoms with E-state index in [4.69, 9.17) is 16.3 Å². The summed E-state index contributed by atoms with van der Waals surface area (Å²) in [7, 11) is 1.65. The van der Waals surface area contributed by atoms with Crippen molar-refractivity contribution in [3.8, 4) is 5.88 Å². The molecule has 1 N–H and O–H groups in total. The Bertz CT molecular complexity index is 327. The summed E-state index contributed by atoms with van der Waals surface area (Å²) in [5.74, 6) is 2.10. The van der Waals surface area contributed by atoms with Crippen LogP contribution in [-0.2, 0) is 6.54 Å². The quantitative estimate of drug-likeness (QED) is 0.700. The van der Waals surface area contributed by atoms with E-state index >= 15 is 0 Å². The number of rotatable bonds is 9. The third kappa shape index (κ3) is 5.23. The fraction of sp³-hybridized carbons (Fsp3) is 0.643. The lowest BCUT2D eigenvalue weighted by molar-refractivity contribution is 0.386. The molecule has 0 spiro atoms. The highest BCUT2D eigenvalue weighted by atomic mass is 35.5. The minimum absolute atomic E-state index is 0.662. The molecule has 0 aliphatic carbocycles. The molecule has 102 valence electrons. The van der Waals surface area contributed by atoms with Crippen LogP contribution in [0.2, 0.25) is 0 Å². The van der Waals surface area contributed by atoms with E-state index < -0.39 is 0 Å². The van der Waals surface area contributed by atoms with E-state index in [0.29, 0.717) is 11.8 Å². The highest BCUT2D eigenvalue weighted by Crippen LogP contribution is 2.14. The van der Waals surface area contributed by atoms with Crippen molar-refractivity contribution in [1.29, 1.82) is 0 Å². The summed E-state index contributed by atoms with van der Waals surface area (Å²) in [5.41, 5.74) is 1.10. The van der Waals surface area contributed by atoms with Gasteiger partial charge in [0.15, 0.2) is 0 Å². The predicted molar refractivity (Wildman–Crippen MR) is 76.2 cm³/mol. The molecule has 3 nitrogen and oxygen atoms in total. The topological polar surface area (TPSA) is 34.2 Å². The Morgan fingerprint density at radius 1 is 1.44 bits per heavy atom. The number of hydrogen-bond donors (Lipinski definition) is 1. The lowest BCUT2D eigenvalue weighted by Crippen LogP contribution is -2.23. The van der Waals surface area contributed by atoms with E-state index in [1.165, 1.54) is 12.8 Å². The molecule has 1 rings (SSSR count). The maximum Gasteiger partial charge on any atom is 0.217 e. The molecule has 0 aliphatic heterocycles. The first-order valence-electron chi connectivity index (χ1n) is 6.56. The Hall–Kier alpha value is -0.800. The van der Waals surface area contributed by atoms with Crippen LogP contribution in [-0.4, -0.2) is 24.5 Å². The fourth-order valence-corrected chi connectivity index (χ4v) is 2.37. The van der Waals surface area contributed by atoms with Crippen molar-refractivity contribution >= 4 is 11.6 Å². The van der Waals surface area contributed by atoms with E-state index in [-0.39, 0.29) is 0 Å². The number of ether oxygens (including phenoxy) is 1. The van der Waals surface area contributed by atoms with Gasteiger partial charge in [0.2, 0.25) is 5.88 Å². The zero-order chi connectivity index (χ0) is 13.2. The average Bonchev–Trinajstić information content (AvgIpc) is 2.40. The third-order valence-corrected chi connectivity index (χ3v) is 3.22. The molecule has 4 heteroatoms. The number of hydrogen-bond acceptors (Lipinski definition) is 3. The highest BCUT2D eigenvalue weighted by Gasteiger charge is 2.08. The van der Waals surface area contributed by atoms with Gasteiger partial charge in [0.05, 0.1) is 7.11 Å². The summed E-state index contributed by atoms with van der Waals surface area (Å²) in [6.07, 6.45) is 5.26. The minimum Gasteiger partial charge on any atom is -0.481 e. The number of nitrogens with zero attached hydrogens (tertiary/aromatic N) is 1. The van der Waals surface area contributed by atoms with Gasteiger partial charge < -0.3 is 10.1 Å². The van der Waals surface area contributed by atoms with Gasteiger partial charge in [-0.2, -0.15) is 0 Å². The standard InChI is InChI=1S/C14H23ClN2O/c1-3-5-12(7-8-15)10-16-11-13-6-4-9-17-14(13)18-2/h4,6,9,12,16H,3,5,7-8,10-11H2,1-2H3. The molecule has 0 aliphatic rings. The molecule has 0 radical (unpaired) electrons. The smallest absolute Gasteiger partial charge is 0.217 e. The SMILES string of the molecule is CCCC(CCCl)CNCc1cccnc1OC. The summed E-state index contributed by atoms with van der Waals surface area (Å²) < 4.78 is 5.23. The Balaban J connectivity index is 2.39. The van der Waals surface area contributed by atoms with Crippen molar-refractivity contribution in [2.24, 2.45) is 5.92 Å². The maximum absolute atomic E-state index is 5.82. The lowest BCUT2D eigenvalue weighted by atomic mass is 10.0. The van der Waals surface area contributed by atoms with Gasteiger partial charge in [-0.25, -0.2) is 4.98 Å². The van der Waals surface area contributed by atoms with Gasteiger partial charge in [-0.15, -0.1) is 11.6 Å². The van der Waals surface area contributed by atoms with Crippen LogP contribution < -0.4 is 10.1 Å². The molecule has 1 aromatic rings. The van der Waals surface area contributed by atoms with E-state index in [0.717, 1.165) is 31.0 Å². The Kier molecular flexibility index (Phi) is 7.78. The van der Waals surface area contributed by atoms with Gasteiger partial charge in [-0.05, 0) is 31.4 Å². The van der Waals surface area contributed by atoms with Gasteiger partial charge in [0.1, 0.15) is 0 Å². The summed E-state index contributed by atoms with van der Waals surface area (Å²) in [6, 6.07) is 3.97. The predicted octanol–water partition coefficient (Wildman–Crippen LogP) is 3.23. The Labute approximate surface area is 115 Å². The lowest BCUT2D eigenvalue weighted by Gasteiger charge is -2.16. The first-order valence-corrected chi connectivity index (χ1v) is 7.09. The normalized spacial score (nSPS) is 12.4. The minimum atomic E-state index is 0.662. The molecule has 1 atom stereocenters. The van der Waals surface area contributed by atoms with E-state index in [1.807, 2.05) is 12.1 Å². The second-order valence-corrected chi connectivity index (χ2v) is 4.81. The van der Waals surface area contributed by atoms with Gasteiger partial charge in [-0.3, -0.25) is 0 Å². The van der Waals surface area contributed by atoms with E-state index in [9.17, 15) is 0 Å². The molecule has 0 saturated heterocycles. The van der Waals surface area contributed by atoms with Gasteiger partial charge in [0, 0.05) is 24.2 Å². The zero-order valence-electron chi connectivity index (χ0n) is 11.3. The van der Waals surface area contributed by atoms with Crippen LogP contribution in [0.4, 0.5) is 0 Å². The van der Waals surface area contributed by atoms with Gasteiger partial charge >= 0.3 is 0 Å². The van der Waals surface area contributed by atoms with Gasteiger partial charge in [-0.1, -0.05) is 19.4 Å². The largest absolute Gasteiger partial charge is 0.481 e. The van der Waals surface area contributed by atoms with Crippen molar-refractivity contribution in [2.75, 3.05) is 19.5 Å². The summed E-state index contributed by atoms with van der Waals surface area (Å²) in [6.45, 7) is 4.00. The third-order valence-electron chi connectivity index (χ3n) is 3.01. The monoisotopic (exact) mass is 270 g/mol. The van der Waals surface area contributed by atoms with Crippen LogP contribution >= 0.6 is 11.6 Å². The number of pyridine rings is 1. The maximum atomic E-state index is 5.82. The molecule has 0 aromatic carbocycles.